The van der Waals surface area contributed by atoms with E-state index in [2.05, 4.69) is 33.2 Å². The van der Waals surface area contributed by atoms with Gasteiger partial charge in [0.1, 0.15) is 0 Å². The highest BCUT2D eigenvalue weighted by Crippen LogP contribution is 2.23. The average molecular weight is 282 g/mol. The molecule has 0 aliphatic heterocycles. The van der Waals surface area contributed by atoms with Gasteiger partial charge in [-0.25, -0.2) is 4.98 Å². The predicted molar refractivity (Wildman–Crippen MR) is 80.4 cm³/mol. The van der Waals surface area contributed by atoms with Crippen LogP contribution >= 0.6 is 11.8 Å². The second kappa shape index (κ2) is 5.88. The largest absolute Gasteiger partial charge is 0.260 e. The fraction of sp³-hybridized carbons (Fsp3) is 0.133. The number of hydrogen-bond donors (Lipinski definition) is 1. The van der Waals surface area contributed by atoms with Crippen molar-refractivity contribution < 1.29 is 0 Å². The molecule has 0 atom stereocenters. The van der Waals surface area contributed by atoms with Crippen LogP contribution in [0.1, 0.15) is 11.3 Å². The Labute approximate surface area is 121 Å². The van der Waals surface area contributed by atoms with E-state index in [4.69, 9.17) is 0 Å². The Morgan fingerprint density at radius 2 is 1.95 bits per heavy atom. The van der Waals surface area contributed by atoms with Gasteiger partial charge in [-0.05, 0) is 24.6 Å². The van der Waals surface area contributed by atoms with Crippen molar-refractivity contribution in [1.82, 2.24) is 20.2 Å². The average Bonchev–Trinajstić information content (AvgIpc) is 2.95. The maximum atomic E-state index is 4.52. The zero-order chi connectivity index (χ0) is 13.8. The highest BCUT2D eigenvalue weighted by atomic mass is 32.2. The molecule has 0 saturated heterocycles. The van der Waals surface area contributed by atoms with Crippen LogP contribution in [0, 0.1) is 6.92 Å². The molecule has 1 N–H and O–H groups in total. The van der Waals surface area contributed by atoms with E-state index >= 15 is 0 Å². The van der Waals surface area contributed by atoms with Crippen LogP contribution in [0.3, 0.4) is 0 Å². The number of H-pyrrole nitrogens is 1. The van der Waals surface area contributed by atoms with Gasteiger partial charge in [0, 0.05) is 17.5 Å². The SMILES string of the molecule is Cc1ccccc1-c1n[nH]c(SCc2ccccn2)n1. The van der Waals surface area contributed by atoms with Gasteiger partial charge in [0.15, 0.2) is 11.0 Å². The molecule has 1 aromatic carbocycles. The monoisotopic (exact) mass is 282 g/mol. The number of rotatable bonds is 4. The summed E-state index contributed by atoms with van der Waals surface area (Å²) in [6.45, 7) is 2.06. The van der Waals surface area contributed by atoms with Crippen LogP contribution in [0.5, 0.6) is 0 Å². The minimum Gasteiger partial charge on any atom is -0.260 e. The predicted octanol–water partition coefficient (Wildman–Crippen LogP) is 3.47. The lowest BCUT2D eigenvalue weighted by molar-refractivity contribution is 0.971. The summed E-state index contributed by atoms with van der Waals surface area (Å²) in [5.41, 5.74) is 3.27. The molecule has 4 nitrogen and oxygen atoms in total. The number of hydrogen-bond acceptors (Lipinski definition) is 4. The van der Waals surface area contributed by atoms with Crippen LogP contribution in [0.15, 0.2) is 53.8 Å². The molecule has 2 heterocycles. The Morgan fingerprint density at radius 1 is 1.10 bits per heavy atom. The first-order valence-corrected chi connectivity index (χ1v) is 7.32. The van der Waals surface area contributed by atoms with Gasteiger partial charge in [0.25, 0.3) is 0 Å². The first-order valence-electron chi connectivity index (χ1n) is 6.34. The minimum atomic E-state index is 0.742. The standard InChI is InChI=1S/C15H14N4S/c1-11-6-2-3-8-13(11)14-17-15(19-18-14)20-10-12-7-4-5-9-16-12/h2-9H,10H2,1H3,(H,17,18,19). The Balaban J connectivity index is 1.73. The summed E-state index contributed by atoms with van der Waals surface area (Å²) < 4.78 is 0. The Kier molecular flexibility index (Phi) is 3.78. The summed E-state index contributed by atoms with van der Waals surface area (Å²) in [4.78, 5) is 8.81. The third-order valence-corrected chi connectivity index (χ3v) is 3.83. The number of aromatic amines is 1. The van der Waals surface area contributed by atoms with Crippen LogP contribution in [-0.4, -0.2) is 20.2 Å². The lowest BCUT2D eigenvalue weighted by atomic mass is 10.1. The number of benzene rings is 1. The van der Waals surface area contributed by atoms with Crippen molar-refractivity contribution in [3.63, 3.8) is 0 Å². The van der Waals surface area contributed by atoms with Gasteiger partial charge in [-0.1, -0.05) is 42.1 Å². The summed E-state index contributed by atoms with van der Waals surface area (Å²) in [7, 11) is 0. The molecular weight excluding hydrogens is 268 g/mol. The zero-order valence-electron chi connectivity index (χ0n) is 11.1. The van der Waals surface area contributed by atoms with E-state index in [0.29, 0.717) is 0 Å². The van der Waals surface area contributed by atoms with Crippen LogP contribution < -0.4 is 0 Å². The third kappa shape index (κ3) is 2.88. The Hall–Kier alpha value is -2.14. The van der Waals surface area contributed by atoms with E-state index in [-0.39, 0.29) is 0 Å². The molecule has 3 aromatic rings. The first-order chi connectivity index (χ1) is 9.83. The molecule has 20 heavy (non-hydrogen) atoms. The molecule has 0 radical (unpaired) electrons. The topological polar surface area (TPSA) is 54.5 Å². The molecule has 5 heteroatoms. The third-order valence-electron chi connectivity index (χ3n) is 2.93. The molecule has 0 bridgehead atoms. The molecule has 0 spiro atoms. The molecule has 0 fully saturated rings. The fourth-order valence-corrected chi connectivity index (χ4v) is 2.60. The molecule has 0 aliphatic carbocycles. The lowest BCUT2D eigenvalue weighted by Gasteiger charge is -1.99. The van der Waals surface area contributed by atoms with Crippen molar-refractivity contribution in [2.45, 2.75) is 17.8 Å². The number of nitrogens with one attached hydrogen (secondary N) is 1. The van der Waals surface area contributed by atoms with Crippen molar-refractivity contribution in [3.8, 4) is 11.4 Å². The van der Waals surface area contributed by atoms with E-state index in [9.17, 15) is 0 Å². The molecule has 3 rings (SSSR count). The summed E-state index contributed by atoms with van der Waals surface area (Å²) in [5, 5.41) is 8.07. The van der Waals surface area contributed by atoms with Crippen molar-refractivity contribution >= 4 is 11.8 Å². The van der Waals surface area contributed by atoms with E-state index in [1.165, 1.54) is 5.56 Å². The van der Waals surface area contributed by atoms with Gasteiger partial charge in [0.2, 0.25) is 0 Å². The summed E-state index contributed by atoms with van der Waals surface area (Å²) in [6.07, 6.45) is 1.80. The van der Waals surface area contributed by atoms with Gasteiger partial charge < -0.3 is 0 Å². The molecule has 100 valence electrons. The van der Waals surface area contributed by atoms with E-state index in [1.54, 1.807) is 18.0 Å². The number of thioether (sulfide) groups is 1. The van der Waals surface area contributed by atoms with Gasteiger partial charge in [-0.15, -0.1) is 0 Å². The van der Waals surface area contributed by atoms with Crippen molar-refractivity contribution in [2.75, 3.05) is 0 Å². The van der Waals surface area contributed by atoms with Crippen LogP contribution in [0.25, 0.3) is 11.4 Å². The number of aromatic nitrogens is 4. The maximum absolute atomic E-state index is 4.52. The Morgan fingerprint density at radius 3 is 2.75 bits per heavy atom. The van der Waals surface area contributed by atoms with Crippen molar-refractivity contribution in [1.29, 1.82) is 0 Å². The normalized spacial score (nSPS) is 10.7. The lowest BCUT2D eigenvalue weighted by Crippen LogP contribution is -1.86. The Bertz CT molecular complexity index is 694. The fourth-order valence-electron chi connectivity index (χ4n) is 1.88. The van der Waals surface area contributed by atoms with E-state index < -0.39 is 0 Å². The molecule has 0 unspecified atom stereocenters. The summed E-state index contributed by atoms with van der Waals surface area (Å²) in [6, 6.07) is 14.0. The number of nitrogens with zero attached hydrogens (tertiary/aromatic N) is 3. The van der Waals surface area contributed by atoms with Crippen LogP contribution in [0.2, 0.25) is 0 Å². The van der Waals surface area contributed by atoms with Crippen molar-refractivity contribution in [3.05, 3.63) is 59.9 Å². The second-order valence-electron chi connectivity index (χ2n) is 4.39. The van der Waals surface area contributed by atoms with Gasteiger partial charge in [0.05, 0.1) is 5.69 Å². The zero-order valence-corrected chi connectivity index (χ0v) is 11.9. The van der Waals surface area contributed by atoms with E-state index in [0.717, 1.165) is 28.0 Å². The second-order valence-corrected chi connectivity index (χ2v) is 5.35. The van der Waals surface area contributed by atoms with Crippen LogP contribution in [-0.2, 0) is 5.75 Å². The van der Waals surface area contributed by atoms with E-state index in [1.807, 2.05) is 36.4 Å². The molecule has 0 saturated carbocycles. The molecule has 0 aliphatic rings. The molecular formula is C15H14N4S. The first kappa shape index (κ1) is 12.9. The highest BCUT2D eigenvalue weighted by Gasteiger charge is 2.08. The summed E-state index contributed by atoms with van der Waals surface area (Å²) >= 11 is 1.60. The van der Waals surface area contributed by atoms with Gasteiger partial charge in [-0.3, -0.25) is 10.1 Å². The van der Waals surface area contributed by atoms with Gasteiger partial charge in [-0.2, -0.15) is 5.10 Å². The van der Waals surface area contributed by atoms with Gasteiger partial charge >= 0.3 is 0 Å². The smallest absolute Gasteiger partial charge is 0.184 e. The molecule has 2 aromatic heterocycles. The van der Waals surface area contributed by atoms with Crippen molar-refractivity contribution in [2.24, 2.45) is 0 Å². The summed E-state index contributed by atoms with van der Waals surface area (Å²) in [5.74, 6) is 1.52. The number of aryl methyl sites for hydroxylation is 1. The maximum Gasteiger partial charge on any atom is 0.184 e. The molecule has 0 amide bonds. The minimum absolute atomic E-state index is 0.742. The number of pyridine rings is 1. The quantitative estimate of drug-likeness (QED) is 0.744. The highest BCUT2D eigenvalue weighted by molar-refractivity contribution is 7.98. The van der Waals surface area contributed by atoms with Crippen LogP contribution in [0.4, 0.5) is 0 Å².